The Hall–Kier alpha value is -3.37. The minimum absolute atomic E-state index is 0.0108. The van der Waals surface area contributed by atoms with E-state index in [4.69, 9.17) is 0 Å². The van der Waals surface area contributed by atoms with Gasteiger partial charge in [0.2, 0.25) is 23.5 Å². The van der Waals surface area contributed by atoms with Gasteiger partial charge in [-0.05, 0) is 90.8 Å². The summed E-state index contributed by atoms with van der Waals surface area (Å²) < 4.78 is 0. The standard InChI is InChI=1S/C46H70N4O7/c1-8-9-16-33(51)39(55)30(23-29-14-13-15-29)24-34(52)38-31-17-20-46(21-22-46)32(31)27-50(38)41(56)40(45(7)18-11-10-12-19-45)48-42(57)47-35(43(2,3)4)28-49-36(53)25-44(5,6)26-37(49)54/h8,29-32,35,38,40H,1,9-28H2,2-7H3,(H2,47,48,57)/t30?,31-,32-,35+,38-,40+/m0/s1. The van der Waals surface area contributed by atoms with E-state index in [1.165, 1.54) is 4.90 Å². The Labute approximate surface area is 340 Å². The van der Waals surface area contributed by atoms with E-state index in [0.717, 1.165) is 77.0 Å². The van der Waals surface area contributed by atoms with Crippen LogP contribution in [-0.4, -0.2) is 82.1 Å². The smallest absolute Gasteiger partial charge is 0.315 e. The molecule has 6 fully saturated rings. The number of carbonyl (C=O) groups excluding carboxylic acids is 7. The van der Waals surface area contributed by atoms with Gasteiger partial charge in [-0.15, -0.1) is 6.58 Å². The van der Waals surface area contributed by atoms with Crippen LogP contribution in [0.15, 0.2) is 12.7 Å². The maximum atomic E-state index is 15.3. The fourth-order valence-corrected chi connectivity index (χ4v) is 11.2. The molecule has 0 aromatic carbocycles. The van der Waals surface area contributed by atoms with E-state index in [1.807, 2.05) is 34.6 Å². The molecule has 0 aromatic heterocycles. The zero-order chi connectivity index (χ0) is 41.5. The van der Waals surface area contributed by atoms with Gasteiger partial charge in [0, 0.05) is 44.7 Å². The summed E-state index contributed by atoms with van der Waals surface area (Å²) in [6, 6.07) is -2.74. The molecule has 6 rings (SSSR count). The summed E-state index contributed by atoms with van der Waals surface area (Å²) in [6.45, 7) is 15.9. The lowest BCUT2D eigenvalue weighted by atomic mass is 9.70. The summed E-state index contributed by atoms with van der Waals surface area (Å²) >= 11 is 0. The Morgan fingerprint density at radius 1 is 0.877 bits per heavy atom. The van der Waals surface area contributed by atoms with Gasteiger partial charge in [0.25, 0.3) is 0 Å². The van der Waals surface area contributed by atoms with E-state index in [9.17, 15) is 28.8 Å². The molecule has 316 valence electrons. The molecular weight excluding hydrogens is 721 g/mol. The predicted molar refractivity (Wildman–Crippen MR) is 218 cm³/mol. The van der Waals surface area contributed by atoms with E-state index in [0.29, 0.717) is 25.3 Å². The van der Waals surface area contributed by atoms with Gasteiger partial charge in [-0.1, -0.05) is 86.1 Å². The highest BCUT2D eigenvalue weighted by molar-refractivity contribution is 6.38. The average molecular weight is 791 g/mol. The van der Waals surface area contributed by atoms with Gasteiger partial charge in [-0.25, -0.2) is 4.79 Å². The second-order valence-corrected chi connectivity index (χ2v) is 21.2. The maximum Gasteiger partial charge on any atom is 0.315 e. The minimum atomic E-state index is -0.908. The highest BCUT2D eigenvalue weighted by Gasteiger charge is 2.64. The molecule has 2 heterocycles. The SMILES string of the molecule is C=CCCC(=O)C(=O)C(CC(=O)[C@@H]1[C@H]2CCC3(CC3)[C@H]2CN1C(=O)[C@@H](NC(=O)N[C@H](CN1C(=O)CC(C)(C)CC1=O)C(C)(C)C)C1(C)CCCCC1)CC1CCC1. The van der Waals surface area contributed by atoms with Crippen molar-refractivity contribution in [3.8, 4) is 0 Å². The highest BCUT2D eigenvalue weighted by atomic mass is 16.2. The molecule has 11 nitrogen and oxygen atoms in total. The van der Waals surface area contributed by atoms with Crippen molar-refractivity contribution in [3.05, 3.63) is 12.7 Å². The van der Waals surface area contributed by atoms with Crippen LogP contribution in [0.2, 0.25) is 0 Å². The number of Topliss-reactive ketones (excluding diaryl/α,β-unsaturated/α-hetero) is 3. The molecule has 4 aliphatic carbocycles. The van der Waals surface area contributed by atoms with Crippen LogP contribution in [0.3, 0.4) is 0 Å². The first-order valence-electron chi connectivity index (χ1n) is 22.2. The topological polar surface area (TPSA) is 150 Å². The lowest BCUT2D eigenvalue weighted by Crippen LogP contribution is -2.63. The molecule has 6 aliphatic rings. The summed E-state index contributed by atoms with van der Waals surface area (Å²) in [4.78, 5) is 100. The molecule has 1 unspecified atom stereocenters. The number of nitrogens with one attached hydrogen (secondary N) is 2. The third-order valence-corrected chi connectivity index (χ3v) is 15.2. The van der Waals surface area contributed by atoms with Crippen molar-refractivity contribution < 1.29 is 33.6 Å². The van der Waals surface area contributed by atoms with Gasteiger partial charge in [-0.3, -0.25) is 33.7 Å². The Morgan fingerprint density at radius 3 is 2.09 bits per heavy atom. The van der Waals surface area contributed by atoms with E-state index in [-0.39, 0.29) is 73.0 Å². The minimum Gasteiger partial charge on any atom is -0.333 e. The Morgan fingerprint density at radius 2 is 1.53 bits per heavy atom. The van der Waals surface area contributed by atoms with Crippen molar-refractivity contribution in [3.63, 3.8) is 0 Å². The molecule has 11 heteroatoms. The second kappa shape index (κ2) is 16.7. The average Bonchev–Trinajstić information content (AvgIpc) is 3.68. The molecule has 4 saturated carbocycles. The quantitative estimate of drug-likeness (QED) is 0.0962. The van der Waals surface area contributed by atoms with Gasteiger partial charge in [0.05, 0.1) is 12.1 Å². The van der Waals surface area contributed by atoms with Crippen molar-refractivity contribution in [2.24, 2.45) is 45.3 Å². The van der Waals surface area contributed by atoms with E-state index in [1.54, 1.807) is 11.0 Å². The summed E-state index contributed by atoms with van der Waals surface area (Å²) in [7, 11) is 0. The highest BCUT2D eigenvalue weighted by Crippen LogP contribution is 2.66. The zero-order valence-electron chi connectivity index (χ0n) is 35.7. The summed E-state index contributed by atoms with van der Waals surface area (Å²) in [6.07, 6.45) is 14.6. The van der Waals surface area contributed by atoms with Crippen LogP contribution in [0.25, 0.3) is 0 Å². The van der Waals surface area contributed by atoms with Crippen molar-refractivity contribution in [2.75, 3.05) is 13.1 Å². The number of piperidine rings is 1. The molecule has 1 spiro atoms. The first-order chi connectivity index (χ1) is 26.8. The third-order valence-electron chi connectivity index (χ3n) is 15.2. The number of imide groups is 1. The first kappa shape index (κ1) is 43.2. The Bertz CT molecular complexity index is 1590. The van der Waals surface area contributed by atoms with E-state index in [2.05, 4.69) is 24.1 Å². The molecule has 0 radical (unpaired) electrons. The van der Waals surface area contributed by atoms with Crippen molar-refractivity contribution >= 4 is 41.1 Å². The number of fused-ring (bicyclic) bond motifs is 2. The molecule has 0 aromatic rings. The van der Waals surface area contributed by atoms with E-state index < -0.39 is 57.9 Å². The molecule has 57 heavy (non-hydrogen) atoms. The van der Waals surface area contributed by atoms with Crippen LogP contribution >= 0.6 is 0 Å². The molecular formula is C46H70N4O7. The van der Waals surface area contributed by atoms with Crippen LogP contribution in [0, 0.1) is 45.3 Å². The zero-order valence-corrected chi connectivity index (χ0v) is 35.7. The molecule has 5 amide bonds. The number of allylic oxidation sites excluding steroid dienone is 1. The monoisotopic (exact) mass is 791 g/mol. The number of urea groups is 1. The summed E-state index contributed by atoms with van der Waals surface area (Å²) in [5.41, 5.74) is -1.36. The number of hydrogen-bond donors (Lipinski definition) is 2. The van der Waals surface area contributed by atoms with E-state index >= 15 is 4.79 Å². The second-order valence-electron chi connectivity index (χ2n) is 21.2. The van der Waals surface area contributed by atoms with Crippen molar-refractivity contribution in [2.45, 2.75) is 175 Å². The summed E-state index contributed by atoms with van der Waals surface area (Å²) in [5, 5.41) is 6.21. The van der Waals surface area contributed by atoms with Crippen LogP contribution in [0.4, 0.5) is 4.79 Å². The van der Waals surface area contributed by atoms with Crippen LogP contribution in [-0.2, 0) is 28.8 Å². The number of nitrogens with zero attached hydrogens (tertiary/aromatic N) is 2. The number of ketones is 3. The lowest BCUT2D eigenvalue weighted by Gasteiger charge is -2.43. The molecule has 2 N–H and O–H groups in total. The van der Waals surface area contributed by atoms with Crippen molar-refractivity contribution in [1.82, 2.24) is 20.4 Å². The summed E-state index contributed by atoms with van der Waals surface area (Å²) in [5.74, 6) is -2.00. The van der Waals surface area contributed by atoms with Gasteiger partial charge >= 0.3 is 6.03 Å². The van der Waals surface area contributed by atoms with Gasteiger partial charge < -0.3 is 15.5 Å². The third kappa shape index (κ3) is 9.43. The fourth-order valence-electron chi connectivity index (χ4n) is 11.2. The van der Waals surface area contributed by atoms with Crippen LogP contribution in [0.5, 0.6) is 0 Å². The van der Waals surface area contributed by atoms with Gasteiger partial charge in [-0.2, -0.15) is 0 Å². The Kier molecular flexibility index (Phi) is 12.7. The number of hydrogen-bond acceptors (Lipinski definition) is 7. The number of carbonyl (C=O) groups is 7. The molecule has 0 bridgehead atoms. The molecule has 2 saturated heterocycles. The number of rotatable bonds is 16. The van der Waals surface area contributed by atoms with Gasteiger partial charge in [0.1, 0.15) is 6.04 Å². The first-order valence-corrected chi connectivity index (χ1v) is 22.2. The maximum absolute atomic E-state index is 15.3. The van der Waals surface area contributed by atoms with Crippen LogP contribution in [0.1, 0.15) is 157 Å². The van der Waals surface area contributed by atoms with Crippen LogP contribution < -0.4 is 10.6 Å². The molecule has 6 atom stereocenters. The Balaban J connectivity index is 1.25. The number of amides is 5. The predicted octanol–water partition coefficient (Wildman–Crippen LogP) is 7.10. The van der Waals surface area contributed by atoms with Gasteiger partial charge in [0.15, 0.2) is 11.6 Å². The number of likely N-dealkylation sites (tertiary alicyclic amines) is 2. The normalized spacial score (nSPS) is 27.9. The molecule has 2 aliphatic heterocycles. The largest absolute Gasteiger partial charge is 0.333 e. The van der Waals surface area contributed by atoms with Crippen molar-refractivity contribution in [1.29, 1.82) is 0 Å². The lowest BCUT2D eigenvalue weighted by molar-refractivity contribution is -0.153. The fraction of sp³-hybridized carbons (Fsp3) is 0.804.